The molecular formula is C22H24BrCl2N7O2. The molecule has 180 valence electrons. The Bertz CT molecular complexity index is 1140. The lowest BCUT2D eigenvalue weighted by atomic mass is 10.1. The molecule has 3 N–H and O–H groups in total. The van der Waals surface area contributed by atoms with Crippen molar-refractivity contribution in [2.75, 3.05) is 49.5 Å². The Morgan fingerprint density at radius 2 is 1.88 bits per heavy atom. The number of aryl methyl sites for hydroxylation is 1. The van der Waals surface area contributed by atoms with Crippen molar-refractivity contribution in [1.29, 1.82) is 0 Å². The number of carbonyl (C=O) groups is 1. The third-order valence-corrected chi connectivity index (χ3v) is 6.60. The number of amides is 2. The summed E-state index contributed by atoms with van der Waals surface area (Å²) < 4.78 is 8.39. The number of nitrogens with zero attached hydrogens (tertiary/aromatic N) is 5. The molecule has 12 heteroatoms. The van der Waals surface area contributed by atoms with Crippen molar-refractivity contribution in [3.63, 3.8) is 0 Å². The molecule has 0 aliphatic carbocycles. The number of piperazine rings is 1. The predicted octanol–water partition coefficient (Wildman–Crippen LogP) is 4.24. The molecule has 0 saturated carbocycles. The zero-order chi connectivity index (χ0) is 24.2. The number of nitrogens with one attached hydrogen (secondary N) is 1. The maximum Gasteiger partial charge on any atom is 0.321 e. The van der Waals surface area contributed by atoms with E-state index in [1.165, 1.54) is 0 Å². The van der Waals surface area contributed by atoms with Crippen LogP contribution in [0.15, 0.2) is 41.3 Å². The first-order valence-electron chi connectivity index (χ1n) is 10.6. The molecule has 1 saturated heterocycles. The van der Waals surface area contributed by atoms with E-state index < -0.39 is 0 Å². The molecule has 2 amide bonds. The topological polar surface area (TPSA) is 102 Å². The van der Waals surface area contributed by atoms with Crippen LogP contribution in [-0.2, 0) is 7.05 Å². The fraction of sp³-hybridized carbons (Fsp3) is 0.318. The standard InChI is InChI=1S/C22H24BrCl2N7O2/c1-30-20(16(23)11-28-30)15-10-14(2-3-19(15)34-9-4-26)29-22(33)32-7-5-31(6-8-32)21-17(24)12-27-13-18(21)25/h2-3,10-13H,4-9,26H2,1H3,(H,29,33). The lowest BCUT2D eigenvalue weighted by Crippen LogP contribution is -2.50. The summed E-state index contributed by atoms with van der Waals surface area (Å²) in [5.74, 6) is 0.660. The first kappa shape index (κ1) is 24.6. The van der Waals surface area contributed by atoms with E-state index in [-0.39, 0.29) is 6.03 Å². The minimum absolute atomic E-state index is 0.183. The van der Waals surface area contributed by atoms with Crippen molar-refractivity contribution in [2.24, 2.45) is 12.8 Å². The Kier molecular flexibility index (Phi) is 7.82. The number of carbonyl (C=O) groups excluding carboxylic acids is 1. The van der Waals surface area contributed by atoms with E-state index in [1.807, 2.05) is 25.2 Å². The van der Waals surface area contributed by atoms with Crippen molar-refractivity contribution in [2.45, 2.75) is 0 Å². The first-order valence-corrected chi connectivity index (χ1v) is 12.2. The molecule has 0 atom stereocenters. The quantitative estimate of drug-likeness (QED) is 0.461. The van der Waals surface area contributed by atoms with Gasteiger partial charge in [-0.25, -0.2) is 4.79 Å². The highest BCUT2D eigenvalue weighted by molar-refractivity contribution is 9.10. The van der Waals surface area contributed by atoms with Gasteiger partial charge < -0.3 is 25.6 Å². The maximum atomic E-state index is 13.0. The van der Waals surface area contributed by atoms with Gasteiger partial charge in [-0.2, -0.15) is 5.10 Å². The predicted molar refractivity (Wildman–Crippen MR) is 138 cm³/mol. The number of hydrogen-bond donors (Lipinski definition) is 2. The van der Waals surface area contributed by atoms with Crippen LogP contribution in [0.25, 0.3) is 11.3 Å². The van der Waals surface area contributed by atoms with E-state index in [2.05, 4.69) is 36.2 Å². The summed E-state index contributed by atoms with van der Waals surface area (Å²) >= 11 is 16.1. The van der Waals surface area contributed by atoms with E-state index in [9.17, 15) is 4.79 Å². The van der Waals surface area contributed by atoms with Crippen LogP contribution >= 0.6 is 39.1 Å². The van der Waals surface area contributed by atoms with Crippen molar-refractivity contribution < 1.29 is 9.53 Å². The fourth-order valence-electron chi connectivity index (χ4n) is 3.84. The molecular weight excluding hydrogens is 545 g/mol. The second-order valence-electron chi connectivity index (χ2n) is 7.67. The highest BCUT2D eigenvalue weighted by atomic mass is 79.9. The molecule has 9 nitrogen and oxygen atoms in total. The van der Waals surface area contributed by atoms with Crippen molar-refractivity contribution in [3.8, 4) is 17.0 Å². The second kappa shape index (κ2) is 10.8. The van der Waals surface area contributed by atoms with Crippen LogP contribution in [0.5, 0.6) is 5.75 Å². The molecule has 1 aliphatic rings. The zero-order valence-corrected chi connectivity index (χ0v) is 21.6. The van der Waals surface area contributed by atoms with Crippen LogP contribution < -0.4 is 20.7 Å². The lowest BCUT2D eigenvalue weighted by Gasteiger charge is -2.36. The largest absolute Gasteiger partial charge is 0.492 e. The molecule has 0 spiro atoms. The van der Waals surface area contributed by atoms with Gasteiger partial charge >= 0.3 is 6.03 Å². The number of halogens is 3. The highest BCUT2D eigenvalue weighted by Gasteiger charge is 2.24. The first-order chi connectivity index (χ1) is 16.4. The molecule has 0 bridgehead atoms. The molecule has 4 rings (SSSR count). The fourth-order valence-corrected chi connectivity index (χ4v) is 5.01. The maximum absolute atomic E-state index is 13.0. The van der Waals surface area contributed by atoms with E-state index in [0.29, 0.717) is 60.8 Å². The van der Waals surface area contributed by atoms with E-state index in [1.54, 1.807) is 28.2 Å². The molecule has 1 aliphatic heterocycles. The summed E-state index contributed by atoms with van der Waals surface area (Å²) in [7, 11) is 1.85. The van der Waals surface area contributed by atoms with Crippen LogP contribution in [0, 0.1) is 0 Å². The average Bonchev–Trinajstić information content (AvgIpc) is 3.16. The molecule has 0 radical (unpaired) electrons. The van der Waals surface area contributed by atoms with Gasteiger partial charge in [0.2, 0.25) is 0 Å². The highest BCUT2D eigenvalue weighted by Crippen LogP contribution is 2.37. The van der Waals surface area contributed by atoms with Crippen LogP contribution in [0.3, 0.4) is 0 Å². The summed E-state index contributed by atoms with van der Waals surface area (Å²) in [6.07, 6.45) is 4.86. The minimum atomic E-state index is -0.183. The van der Waals surface area contributed by atoms with Crippen LogP contribution in [0.4, 0.5) is 16.2 Å². The third kappa shape index (κ3) is 5.25. The van der Waals surface area contributed by atoms with Crippen molar-refractivity contribution in [1.82, 2.24) is 19.7 Å². The number of nitrogens with two attached hydrogens (primary N) is 1. The second-order valence-corrected chi connectivity index (χ2v) is 9.34. The van der Waals surface area contributed by atoms with Crippen LogP contribution in [-0.4, -0.2) is 65.0 Å². The van der Waals surface area contributed by atoms with Crippen molar-refractivity contribution >= 4 is 56.5 Å². The zero-order valence-electron chi connectivity index (χ0n) is 18.5. The Morgan fingerprint density at radius 1 is 1.18 bits per heavy atom. The normalized spacial score (nSPS) is 13.8. The molecule has 2 aromatic heterocycles. The summed E-state index contributed by atoms with van der Waals surface area (Å²) in [6, 6.07) is 5.32. The van der Waals surface area contributed by atoms with E-state index >= 15 is 0 Å². The molecule has 34 heavy (non-hydrogen) atoms. The number of rotatable bonds is 6. The van der Waals surface area contributed by atoms with Crippen molar-refractivity contribution in [3.05, 3.63) is 51.3 Å². The molecule has 3 heterocycles. The van der Waals surface area contributed by atoms with Gasteiger partial charge in [-0.3, -0.25) is 9.67 Å². The molecule has 3 aromatic rings. The number of anilines is 2. The lowest BCUT2D eigenvalue weighted by molar-refractivity contribution is 0.208. The monoisotopic (exact) mass is 567 g/mol. The van der Waals surface area contributed by atoms with Crippen LogP contribution in [0.2, 0.25) is 10.0 Å². The number of urea groups is 1. The summed E-state index contributed by atoms with van der Waals surface area (Å²) in [4.78, 5) is 20.8. The summed E-state index contributed by atoms with van der Waals surface area (Å²) in [5, 5.41) is 8.28. The molecule has 0 unspecified atom stereocenters. The van der Waals surface area contributed by atoms with Gasteiger partial charge in [0, 0.05) is 63.4 Å². The summed E-state index contributed by atoms with van der Waals surface area (Å²) in [6.45, 7) is 3.04. The number of aromatic nitrogens is 3. The van der Waals surface area contributed by atoms with Gasteiger partial charge in [-0.05, 0) is 34.1 Å². The Morgan fingerprint density at radius 3 is 2.50 bits per heavy atom. The van der Waals surface area contributed by atoms with Gasteiger partial charge in [0.25, 0.3) is 0 Å². The SMILES string of the molecule is Cn1ncc(Br)c1-c1cc(NC(=O)N2CCN(c3c(Cl)cncc3Cl)CC2)ccc1OCCN. The number of benzene rings is 1. The van der Waals surface area contributed by atoms with Gasteiger partial charge in [0.15, 0.2) is 0 Å². The van der Waals surface area contributed by atoms with Crippen LogP contribution in [0.1, 0.15) is 0 Å². The smallest absolute Gasteiger partial charge is 0.321 e. The Balaban J connectivity index is 1.48. The molecule has 1 fully saturated rings. The van der Waals surface area contributed by atoms with Gasteiger partial charge in [0.1, 0.15) is 12.4 Å². The average molecular weight is 569 g/mol. The van der Waals surface area contributed by atoms with E-state index in [4.69, 9.17) is 33.7 Å². The number of pyridine rings is 1. The van der Waals surface area contributed by atoms with Gasteiger partial charge in [-0.1, -0.05) is 23.2 Å². The molecule has 1 aromatic carbocycles. The van der Waals surface area contributed by atoms with E-state index in [0.717, 1.165) is 21.4 Å². The Hall–Kier alpha value is -2.53. The number of hydrogen-bond acceptors (Lipinski definition) is 6. The third-order valence-electron chi connectivity index (χ3n) is 5.47. The van der Waals surface area contributed by atoms with Gasteiger partial charge in [-0.15, -0.1) is 0 Å². The van der Waals surface area contributed by atoms with Gasteiger partial charge in [0.05, 0.1) is 32.1 Å². The summed E-state index contributed by atoms with van der Waals surface area (Å²) in [5.41, 5.74) is 8.64. The number of ether oxygens (including phenoxy) is 1. The minimum Gasteiger partial charge on any atom is -0.492 e. The Labute approximate surface area is 215 Å².